The summed E-state index contributed by atoms with van der Waals surface area (Å²) in [6, 6.07) is 1.02. The predicted octanol–water partition coefficient (Wildman–Crippen LogP) is 4.34. The quantitative estimate of drug-likeness (QED) is 0.507. The lowest BCUT2D eigenvalue weighted by molar-refractivity contribution is -0.0148. The van der Waals surface area contributed by atoms with E-state index in [-0.39, 0.29) is 0 Å². The maximum atomic E-state index is 5.52. The zero-order valence-electron chi connectivity index (χ0n) is 13.6. The highest BCUT2D eigenvalue weighted by Gasteiger charge is 2.30. The Morgan fingerprint density at radius 3 is 2.60 bits per heavy atom. The second-order valence-electron chi connectivity index (χ2n) is 5.67. The molecule has 0 aromatic carbocycles. The lowest BCUT2D eigenvalue weighted by Crippen LogP contribution is -2.49. The normalized spacial score (nSPS) is 29.1. The van der Waals surface area contributed by atoms with Crippen molar-refractivity contribution in [3.63, 3.8) is 0 Å². The van der Waals surface area contributed by atoms with Crippen LogP contribution in [0.25, 0.3) is 0 Å². The van der Waals surface area contributed by atoms with Gasteiger partial charge in [0.05, 0.1) is 6.10 Å². The number of rotatable bonds is 7. The van der Waals surface area contributed by atoms with E-state index in [9.17, 15) is 0 Å². The van der Waals surface area contributed by atoms with Crippen molar-refractivity contribution in [2.45, 2.75) is 64.1 Å². The van der Waals surface area contributed by atoms with Crippen molar-refractivity contribution < 1.29 is 4.74 Å². The van der Waals surface area contributed by atoms with E-state index >= 15 is 0 Å². The standard InChI is InChI=1S/C18H31NO/c1-5-6-7-8-9-10-11-12-13-17-14-15-18(20-4)16(2)19(17)3/h8-13,16-18H,5-7,14-15H2,1-4H3/b9-8+,11-10+,13-12+/t16-,17+,18-/m0/s1. The fourth-order valence-electron chi connectivity index (χ4n) is 2.71. The van der Waals surface area contributed by atoms with Crippen LogP contribution in [0.1, 0.15) is 46.0 Å². The van der Waals surface area contributed by atoms with E-state index in [1.165, 1.54) is 25.7 Å². The van der Waals surface area contributed by atoms with Gasteiger partial charge < -0.3 is 4.74 Å². The van der Waals surface area contributed by atoms with Gasteiger partial charge in [0.2, 0.25) is 0 Å². The first kappa shape index (κ1) is 17.2. The van der Waals surface area contributed by atoms with E-state index in [1.54, 1.807) is 0 Å². The van der Waals surface area contributed by atoms with Gasteiger partial charge in [0.25, 0.3) is 0 Å². The molecule has 0 aliphatic carbocycles. The molecule has 1 rings (SSSR count). The van der Waals surface area contributed by atoms with Crippen LogP contribution in [0.5, 0.6) is 0 Å². The lowest BCUT2D eigenvalue weighted by atomic mass is 9.94. The number of unbranched alkanes of at least 4 members (excludes halogenated alkanes) is 2. The molecule has 0 aromatic heterocycles. The second kappa shape index (κ2) is 9.95. The molecule has 0 unspecified atom stereocenters. The van der Waals surface area contributed by atoms with Gasteiger partial charge >= 0.3 is 0 Å². The monoisotopic (exact) mass is 277 g/mol. The third kappa shape index (κ3) is 5.64. The Hall–Kier alpha value is -0.860. The third-order valence-electron chi connectivity index (χ3n) is 4.28. The average molecular weight is 277 g/mol. The summed E-state index contributed by atoms with van der Waals surface area (Å²) >= 11 is 0. The summed E-state index contributed by atoms with van der Waals surface area (Å²) in [6.07, 6.45) is 19.6. The molecular weight excluding hydrogens is 246 g/mol. The maximum absolute atomic E-state index is 5.52. The number of hydrogen-bond donors (Lipinski definition) is 0. The zero-order chi connectivity index (χ0) is 14.8. The number of hydrogen-bond acceptors (Lipinski definition) is 2. The van der Waals surface area contributed by atoms with Crippen molar-refractivity contribution in [3.05, 3.63) is 36.5 Å². The fraction of sp³-hybridized carbons (Fsp3) is 0.667. The summed E-state index contributed by atoms with van der Waals surface area (Å²) in [6.45, 7) is 4.47. The molecule has 0 saturated carbocycles. The van der Waals surface area contributed by atoms with Gasteiger partial charge in [-0.05, 0) is 33.2 Å². The molecule has 0 bridgehead atoms. The van der Waals surface area contributed by atoms with Gasteiger partial charge in [-0.15, -0.1) is 0 Å². The second-order valence-corrected chi connectivity index (χ2v) is 5.67. The van der Waals surface area contributed by atoms with Gasteiger partial charge in [0.1, 0.15) is 0 Å². The molecule has 2 heteroatoms. The Kier molecular flexibility index (Phi) is 8.56. The van der Waals surface area contributed by atoms with Crippen LogP contribution in [0.4, 0.5) is 0 Å². The molecule has 20 heavy (non-hydrogen) atoms. The number of piperidine rings is 1. The van der Waals surface area contributed by atoms with Crippen LogP contribution < -0.4 is 0 Å². The maximum Gasteiger partial charge on any atom is 0.0724 e. The van der Waals surface area contributed by atoms with Crippen LogP contribution in [0.3, 0.4) is 0 Å². The molecule has 0 amide bonds. The van der Waals surface area contributed by atoms with E-state index in [1.807, 2.05) is 7.11 Å². The Morgan fingerprint density at radius 1 is 1.15 bits per heavy atom. The number of allylic oxidation sites excluding steroid dienone is 5. The minimum absolute atomic E-state index is 0.377. The van der Waals surface area contributed by atoms with Gasteiger partial charge in [-0.25, -0.2) is 0 Å². The number of nitrogens with zero attached hydrogens (tertiary/aromatic N) is 1. The van der Waals surface area contributed by atoms with Crippen molar-refractivity contribution in [3.8, 4) is 0 Å². The van der Waals surface area contributed by atoms with Gasteiger partial charge in [0, 0.05) is 19.2 Å². The number of likely N-dealkylation sites (tertiary alicyclic amines) is 1. The highest BCUT2D eigenvalue weighted by molar-refractivity contribution is 5.13. The van der Waals surface area contributed by atoms with Gasteiger partial charge in [-0.1, -0.05) is 56.2 Å². The Bertz CT molecular complexity index is 332. The van der Waals surface area contributed by atoms with E-state index in [2.05, 4.69) is 62.3 Å². The van der Waals surface area contributed by atoms with Crippen LogP contribution in [0.15, 0.2) is 36.5 Å². The highest BCUT2D eigenvalue weighted by Crippen LogP contribution is 2.24. The van der Waals surface area contributed by atoms with Crippen molar-refractivity contribution in [2.24, 2.45) is 0 Å². The van der Waals surface area contributed by atoms with Crippen molar-refractivity contribution in [2.75, 3.05) is 14.2 Å². The Balaban J connectivity index is 2.35. The molecule has 1 aliphatic rings. The molecule has 2 nitrogen and oxygen atoms in total. The van der Waals surface area contributed by atoms with E-state index in [0.717, 1.165) is 6.42 Å². The van der Waals surface area contributed by atoms with Crippen LogP contribution in [-0.4, -0.2) is 37.2 Å². The number of likely N-dealkylation sites (N-methyl/N-ethyl adjacent to an activating group) is 1. The lowest BCUT2D eigenvalue weighted by Gasteiger charge is -2.41. The van der Waals surface area contributed by atoms with Crippen molar-refractivity contribution >= 4 is 0 Å². The van der Waals surface area contributed by atoms with Crippen molar-refractivity contribution in [1.29, 1.82) is 0 Å². The molecule has 3 atom stereocenters. The first-order valence-electron chi connectivity index (χ1n) is 7.95. The molecule has 1 aliphatic heterocycles. The first-order valence-corrected chi connectivity index (χ1v) is 7.95. The van der Waals surface area contributed by atoms with E-state index < -0.39 is 0 Å². The van der Waals surface area contributed by atoms with E-state index in [0.29, 0.717) is 18.2 Å². The zero-order valence-corrected chi connectivity index (χ0v) is 13.6. The van der Waals surface area contributed by atoms with Crippen LogP contribution in [-0.2, 0) is 4.74 Å². The summed E-state index contributed by atoms with van der Waals surface area (Å²) < 4.78 is 5.52. The summed E-state index contributed by atoms with van der Waals surface area (Å²) in [4.78, 5) is 2.42. The van der Waals surface area contributed by atoms with Crippen LogP contribution in [0, 0.1) is 0 Å². The summed E-state index contributed by atoms with van der Waals surface area (Å²) in [5.74, 6) is 0. The highest BCUT2D eigenvalue weighted by atomic mass is 16.5. The Morgan fingerprint density at radius 2 is 1.90 bits per heavy atom. The molecule has 0 radical (unpaired) electrons. The molecule has 114 valence electrons. The van der Waals surface area contributed by atoms with Gasteiger partial charge in [-0.2, -0.15) is 0 Å². The minimum atomic E-state index is 0.377. The Labute approximate surface area is 125 Å². The third-order valence-corrected chi connectivity index (χ3v) is 4.28. The average Bonchev–Trinajstić information content (AvgIpc) is 2.46. The smallest absolute Gasteiger partial charge is 0.0724 e. The predicted molar refractivity (Wildman–Crippen MR) is 88.0 cm³/mol. The topological polar surface area (TPSA) is 12.5 Å². The SMILES string of the molecule is CCCC/C=C/C=C/C=C/[C@@H]1CC[C@H](OC)[C@H](C)N1C. The number of ether oxygens (including phenoxy) is 1. The molecular formula is C18H31NO. The van der Waals surface area contributed by atoms with Gasteiger partial charge in [0.15, 0.2) is 0 Å². The van der Waals surface area contributed by atoms with Crippen LogP contribution in [0.2, 0.25) is 0 Å². The number of methoxy groups -OCH3 is 1. The molecule has 0 aromatic rings. The summed E-state index contributed by atoms with van der Waals surface area (Å²) in [5.41, 5.74) is 0. The molecule has 0 N–H and O–H groups in total. The first-order chi connectivity index (χ1) is 9.70. The van der Waals surface area contributed by atoms with Crippen LogP contribution >= 0.6 is 0 Å². The van der Waals surface area contributed by atoms with E-state index in [4.69, 9.17) is 4.74 Å². The fourth-order valence-corrected chi connectivity index (χ4v) is 2.71. The largest absolute Gasteiger partial charge is 0.380 e. The molecule has 1 heterocycles. The molecule has 1 fully saturated rings. The molecule has 0 spiro atoms. The summed E-state index contributed by atoms with van der Waals surface area (Å²) in [7, 11) is 4.01. The van der Waals surface area contributed by atoms with Gasteiger partial charge in [-0.3, -0.25) is 4.90 Å². The molecule has 1 saturated heterocycles. The summed E-state index contributed by atoms with van der Waals surface area (Å²) in [5, 5.41) is 0. The van der Waals surface area contributed by atoms with Crippen molar-refractivity contribution in [1.82, 2.24) is 4.90 Å². The minimum Gasteiger partial charge on any atom is -0.380 e.